The fraction of sp³-hybridized carbons (Fsp3) is 0.429. The summed E-state index contributed by atoms with van der Waals surface area (Å²) in [6.07, 6.45) is 9.01. The van der Waals surface area contributed by atoms with Crippen LogP contribution in [0.1, 0.15) is 37.5 Å². The van der Waals surface area contributed by atoms with E-state index >= 15 is 0 Å². The topological polar surface area (TPSA) is 0 Å². The second-order valence-corrected chi connectivity index (χ2v) is 4.83. The molecule has 1 heterocycles. The Morgan fingerprint density at radius 1 is 1.33 bits per heavy atom. The molecule has 0 aromatic carbocycles. The third-order valence-electron chi connectivity index (χ3n) is 2.90. The Kier molecular flexibility index (Phi) is 4.83. The van der Waals surface area contributed by atoms with Crippen molar-refractivity contribution in [1.82, 2.24) is 0 Å². The lowest BCUT2D eigenvalue weighted by Gasteiger charge is -2.25. The van der Waals surface area contributed by atoms with Crippen LogP contribution in [0, 0.1) is 0 Å². The van der Waals surface area contributed by atoms with E-state index in [1.165, 1.54) is 24.1 Å². The lowest BCUT2D eigenvalue weighted by molar-refractivity contribution is 0.553. The molecule has 0 unspecified atom stereocenters. The highest BCUT2D eigenvalue weighted by molar-refractivity contribution is 7.10. The molecule has 0 spiro atoms. The van der Waals surface area contributed by atoms with E-state index in [0.717, 1.165) is 6.42 Å². The summed E-state index contributed by atoms with van der Waals surface area (Å²) in [7, 11) is 0. The third-order valence-corrected chi connectivity index (χ3v) is 3.97. The smallest absolute Gasteiger partial charge is 0.0401 e. The van der Waals surface area contributed by atoms with Crippen molar-refractivity contribution in [2.45, 2.75) is 38.0 Å². The zero-order chi connectivity index (χ0) is 11.1. The van der Waals surface area contributed by atoms with Crippen LogP contribution in [0.25, 0.3) is 0 Å². The van der Waals surface area contributed by atoms with Crippen molar-refractivity contribution in [3.05, 3.63) is 47.7 Å². The van der Waals surface area contributed by atoms with Crippen LogP contribution >= 0.6 is 11.3 Å². The molecule has 82 valence electrons. The number of rotatable bonds is 7. The molecular weight excluding hydrogens is 200 g/mol. The molecule has 1 aromatic heterocycles. The van der Waals surface area contributed by atoms with Gasteiger partial charge in [-0.05, 0) is 17.9 Å². The zero-order valence-electron chi connectivity index (χ0n) is 9.54. The summed E-state index contributed by atoms with van der Waals surface area (Å²) in [4.78, 5) is 1.36. The normalized spacial score (nSPS) is 11.3. The van der Waals surface area contributed by atoms with Gasteiger partial charge in [0.05, 0.1) is 0 Å². The Hall–Kier alpha value is -0.820. The Morgan fingerprint density at radius 3 is 2.53 bits per heavy atom. The van der Waals surface area contributed by atoms with Crippen molar-refractivity contribution in [3.8, 4) is 0 Å². The molecule has 0 atom stereocenters. The molecule has 1 aromatic rings. The largest absolute Gasteiger partial charge is 0.148 e. The Labute approximate surface area is 97.3 Å². The zero-order valence-corrected chi connectivity index (χ0v) is 10.4. The molecule has 0 aliphatic heterocycles. The van der Waals surface area contributed by atoms with Gasteiger partial charge in [0.25, 0.3) is 0 Å². The Balaban J connectivity index is 2.78. The first-order valence-electron chi connectivity index (χ1n) is 5.60. The molecule has 15 heavy (non-hydrogen) atoms. The average Bonchev–Trinajstić information content (AvgIpc) is 2.79. The minimum Gasteiger partial charge on any atom is -0.148 e. The van der Waals surface area contributed by atoms with Gasteiger partial charge >= 0.3 is 0 Å². The summed E-state index contributed by atoms with van der Waals surface area (Å²) in [6, 6.07) is 4.28. The van der Waals surface area contributed by atoms with E-state index in [0.29, 0.717) is 0 Å². The van der Waals surface area contributed by atoms with Gasteiger partial charge in [0.15, 0.2) is 0 Å². The second kappa shape index (κ2) is 5.92. The lowest BCUT2D eigenvalue weighted by atomic mass is 9.81. The average molecular weight is 220 g/mol. The van der Waals surface area contributed by atoms with Crippen molar-refractivity contribution >= 4 is 11.3 Å². The van der Waals surface area contributed by atoms with E-state index in [-0.39, 0.29) is 5.41 Å². The molecule has 1 heteroatoms. The molecule has 0 fully saturated rings. The number of hydrogen-bond donors (Lipinski definition) is 0. The van der Waals surface area contributed by atoms with E-state index in [1.54, 1.807) is 11.3 Å². The highest BCUT2D eigenvalue weighted by atomic mass is 32.1. The summed E-state index contributed by atoms with van der Waals surface area (Å²) >= 11 is 1.79. The molecule has 1 rings (SSSR count). The maximum absolute atomic E-state index is 3.97. The van der Waals surface area contributed by atoms with Crippen molar-refractivity contribution in [2.24, 2.45) is 0 Å². The standard InChI is InChI=1S/C14H20S/c1-4-7-8-11-14(5-2,6-3)13-10-9-12-15-13/h5-6,9-10,12H,2-4,7-8,11H2,1H3. The van der Waals surface area contributed by atoms with Crippen molar-refractivity contribution in [3.63, 3.8) is 0 Å². The maximum atomic E-state index is 3.97. The first-order valence-corrected chi connectivity index (χ1v) is 6.48. The number of allylic oxidation sites excluding steroid dienone is 2. The number of unbranched alkanes of at least 4 members (excludes halogenated alkanes) is 2. The Bertz CT molecular complexity index is 287. The first kappa shape index (κ1) is 12.3. The predicted molar refractivity (Wildman–Crippen MR) is 70.5 cm³/mol. The van der Waals surface area contributed by atoms with Gasteiger partial charge in [-0.15, -0.1) is 24.5 Å². The monoisotopic (exact) mass is 220 g/mol. The van der Waals surface area contributed by atoms with Crippen LogP contribution in [0.5, 0.6) is 0 Å². The fourth-order valence-electron chi connectivity index (χ4n) is 1.82. The summed E-state index contributed by atoms with van der Waals surface area (Å²) in [5.74, 6) is 0. The Morgan fingerprint density at radius 2 is 2.07 bits per heavy atom. The second-order valence-electron chi connectivity index (χ2n) is 3.88. The van der Waals surface area contributed by atoms with Crippen LogP contribution in [0.15, 0.2) is 42.8 Å². The molecule has 0 aliphatic rings. The molecule has 0 bridgehead atoms. The van der Waals surface area contributed by atoms with Gasteiger partial charge < -0.3 is 0 Å². The summed E-state index contributed by atoms with van der Waals surface area (Å²) in [5, 5.41) is 2.12. The predicted octanol–water partition coefficient (Wildman–Crippen LogP) is 4.94. The molecule has 0 N–H and O–H groups in total. The van der Waals surface area contributed by atoms with Gasteiger partial charge in [0.1, 0.15) is 0 Å². The molecule has 0 amide bonds. The van der Waals surface area contributed by atoms with Crippen LogP contribution in [0.3, 0.4) is 0 Å². The van der Waals surface area contributed by atoms with E-state index in [9.17, 15) is 0 Å². The summed E-state index contributed by atoms with van der Waals surface area (Å²) in [6.45, 7) is 10.2. The summed E-state index contributed by atoms with van der Waals surface area (Å²) in [5.41, 5.74) is 0.00331. The van der Waals surface area contributed by atoms with Crippen molar-refractivity contribution < 1.29 is 0 Å². The minimum absolute atomic E-state index is 0.00331. The van der Waals surface area contributed by atoms with E-state index in [4.69, 9.17) is 0 Å². The van der Waals surface area contributed by atoms with Gasteiger partial charge in [-0.3, -0.25) is 0 Å². The first-order chi connectivity index (χ1) is 7.29. The van der Waals surface area contributed by atoms with E-state index in [2.05, 4.69) is 37.6 Å². The van der Waals surface area contributed by atoms with Crippen LogP contribution in [-0.4, -0.2) is 0 Å². The molecule has 0 radical (unpaired) electrons. The highest BCUT2D eigenvalue weighted by Crippen LogP contribution is 2.35. The quantitative estimate of drug-likeness (QED) is 0.451. The van der Waals surface area contributed by atoms with E-state index in [1.807, 2.05) is 12.2 Å². The summed E-state index contributed by atoms with van der Waals surface area (Å²) < 4.78 is 0. The van der Waals surface area contributed by atoms with E-state index < -0.39 is 0 Å². The van der Waals surface area contributed by atoms with Crippen LogP contribution in [0.4, 0.5) is 0 Å². The minimum atomic E-state index is 0.00331. The lowest BCUT2D eigenvalue weighted by Crippen LogP contribution is -2.18. The molecule has 0 nitrogen and oxygen atoms in total. The van der Waals surface area contributed by atoms with Crippen molar-refractivity contribution in [2.75, 3.05) is 0 Å². The van der Waals surface area contributed by atoms with Gasteiger partial charge in [-0.25, -0.2) is 0 Å². The van der Waals surface area contributed by atoms with Crippen LogP contribution < -0.4 is 0 Å². The number of thiophene rings is 1. The highest BCUT2D eigenvalue weighted by Gasteiger charge is 2.25. The molecular formula is C14H20S. The van der Waals surface area contributed by atoms with Gasteiger partial charge in [0, 0.05) is 10.3 Å². The SMILES string of the molecule is C=CC(C=C)(CCCCC)c1cccs1. The van der Waals surface area contributed by atoms with Crippen LogP contribution in [-0.2, 0) is 5.41 Å². The third kappa shape index (κ3) is 2.82. The fourth-order valence-corrected chi connectivity index (χ4v) is 2.77. The van der Waals surface area contributed by atoms with Crippen molar-refractivity contribution in [1.29, 1.82) is 0 Å². The maximum Gasteiger partial charge on any atom is 0.0401 e. The van der Waals surface area contributed by atoms with Gasteiger partial charge in [-0.1, -0.05) is 44.4 Å². The molecule has 0 saturated carbocycles. The van der Waals surface area contributed by atoms with Gasteiger partial charge in [0.2, 0.25) is 0 Å². The number of hydrogen-bond acceptors (Lipinski definition) is 1. The van der Waals surface area contributed by atoms with Crippen LogP contribution in [0.2, 0.25) is 0 Å². The molecule has 0 aliphatic carbocycles. The van der Waals surface area contributed by atoms with Gasteiger partial charge in [-0.2, -0.15) is 0 Å². The molecule has 0 saturated heterocycles.